The van der Waals surface area contributed by atoms with Crippen molar-refractivity contribution in [3.05, 3.63) is 29.6 Å². The summed E-state index contributed by atoms with van der Waals surface area (Å²) < 4.78 is 5.49. The number of carbonyl (C=O) groups is 2. The van der Waals surface area contributed by atoms with E-state index < -0.39 is 11.6 Å². The number of carbonyl (C=O) groups excluding carboxylic acids is 1. The molecule has 5 nitrogen and oxygen atoms in total. The molecule has 1 spiro atoms. The van der Waals surface area contributed by atoms with Crippen molar-refractivity contribution in [3.63, 3.8) is 0 Å². The second-order valence-electron chi connectivity index (χ2n) is 4.90. The Balaban J connectivity index is 1.91. The van der Waals surface area contributed by atoms with Crippen LogP contribution in [0.1, 0.15) is 41.7 Å². The van der Waals surface area contributed by atoms with Gasteiger partial charge in [-0.3, -0.25) is 9.78 Å². The van der Waals surface area contributed by atoms with Crippen LogP contribution in [-0.2, 0) is 15.1 Å². The average Bonchev–Trinajstić information content (AvgIpc) is 2.64. The Morgan fingerprint density at radius 2 is 2.17 bits per heavy atom. The van der Waals surface area contributed by atoms with E-state index in [4.69, 9.17) is 9.84 Å². The topological polar surface area (TPSA) is 76.5 Å². The lowest BCUT2D eigenvalue weighted by Gasteiger charge is -2.34. The molecule has 1 saturated carbocycles. The maximum absolute atomic E-state index is 11.8. The summed E-state index contributed by atoms with van der Waals surface area (Å²) in [7, 11) is 0. The molecule has 1 aromatic rings. The Kier molecular flexibility index (Phi) is 2.36. The molecule has 1 fully saturated rings. The van der Waals surface area contributed by atoms with Gasteiger partial charge in [-0.1, -0.05) is 0 Å². The number of carboxylic acids is 1. The Labute approximate surface area is 104 Å². The Hall–Kier alpha value is -1.91. The summed E-state index contributed by atoms with van der Waals surface area (Å²) in [5.41, 5.74) is 0.518. The number of pyridine rings is 1. The van der Waals surface area contributed by atoms with Gasteiger partial charge in [-0.15, -0.1) is 0 Å². The van der Waals surface area contributed by atoms with Gasteiger partial charge in [0.25, 0.3) is 0 Å². The molecular formula is C13H13NO4. The summed E-state index contributed by atoms with van der Waals surface area (Å²) in [5.74, 6) is -1.44. The molecule has 2 heterocycles. The van der Waals surface area contributed by atoms with Gasteiger partial charge in [-0.2, -0.15) is 0 Å². The molecule has 94 valence electrons. The minimum absolute atomic E-state index is 0.331. The van der Waals surface area contributed by atoms with Crippen molar-refractivity contribution in [1.29, 1.82) is 0 Å². The van der Waals surface area contributed by atoms with Crippen molar-refractivity contribution >= 4 is 11.9 Å². The highest BCUT2D eigenvalue weighted by molar-refractivity contribution is 5.94. The zero-order valence-corrected chi connectivity index (χ0v) is 9.76. The van der Waals surface area contributed by atoms with Crippen LogP contribution in [0.15, 0.2) is 18.3 Å². The highest BCUT2D eigenvalue weighted by Gasteiger charge is 2.49. The van der Waals surface area contributed by atoms with Gasteiger partial charge in [0.15, 0.2) is 5.60 Å². The summed E-state index contributed by atoms with van der Waals surface area (Å²) in [6.45, 7) is 0. The van der Waals surface area contributed by atoms with Crippen molar-refractivity contribution in [2.75, 3.05) is 0 Å². The first-order valence-corrected chi connectivity index (χ1v) is 6.04. The van der Waals surface area contributed by atoms with Gasteiger partial charge < -0.3 is 9.84 Å². The quantitative estimate of drug-likeness (QED) is 0.764. The predicted octanol–water partition coefficient (Wildman–Crippen LogP) is 1.72. The van der Waals surface area contributed by atoms with E-state index in [0.717, 1.165) is 0 Å². The lowest BCUT2D eigenvalue weighted by molar-refractivity contribution is -0.144. The summed E-state index contributed by atoms with van der Waals surface area (Å²) in [5, 5.41) is 8.99. The van der Waals surface area contributed by atoms with Crippen LogP contribution in [0.2, 0.25) is 0 Å². The molecular weight excluding hydrogens is 234 g/mol. The molecule has 1 aromatic heterocycles. The fourth-order valence-electron chi connectivity index (χ4n) is 2.88. The molecule has 0 aromatic carbocycles. The normalized spacial score (nSPS) is 30.0. The molecule has 1 N–H and O–H groups in total. The third-order valence-corrected chi connectivity index (χ3v) is 3.89. The smallest absolute Gasteiger partial charge is 0.341 e. The number of aliphatic carboxylic acids is 1. The highest BCUT2D eigenvalue weighted by Crippen LogP contribution is 2.46. The number of rotatable bonds is 1. The third-order valence-electron chi connectivity index (χ3n) is 3.89. The molecule has 0 atom stereocenters. The van der Waals surface area contributed by atoms with Gasteiger partial charge in [0.1, 0.15) is 0 Å². The third kappa shape index (κ3) is 1.50. The van der Waals surface area contributed by atoms with E-state index in [-0.39, 0.29) is 11.9 Å². The first-order chi connectivity index (χ1) is 8.62. The Morgan fingerprint density at radius 1 is 1.44 bits per heavy atom. The molecule has 3 rings (SSSR count). The molecule has 0 bridgehead atoms. The zero-order chi connectivity index (χ0) is 12.8. The number of hydrogen-bond donors (Lipinski definition) is 1. The largest absolute Gasteiger partial charge is 0.481 e. The van der Waals surface area contributed by atoms with Crippen LogP contribution in [0.25, 0.3) is 0 Å². The van der Waals surface area contributed by atoms with Crippen LogP contribution in [-0.4, -0.2) is 22.0 Å². The molecule has 18 heavy (non-hydrogen) atoms. The monoisotopic (exact) mass is 247 g/mol. The molecule has 5 heteroatoms. The number of nitrogens with zero attached hydrogens (tertiary/aromatic N) is 1. The first kappa shape index (κ1) is 11.2. The molecule has 2 aliphatic rings. The Morgan fingerprint density at radius 3 is 2.83 bits per heavy atom. The van der Waals surface area contributed by atoms with Gasteiger partial charge >= 0.3 is 11.9 Å². The average molecular weight is 247 g/mol. The molecule has 0 radical (unpaired) electrons. The SMILES string of the molecule is O=C1O[C@]2(CC[C@@H](C(=O)O)CC2)c2ncccc21. The highest BCUT2D eigenvalue weighted by atomic mass is 16.6. The fourth-order valence-corrected chi connectivity index (χ4v) is 2.88. The second-order valence-corrected chi connectivity index (χ2v) is 4.90. The van der Waals surface area contributed by atoms with E-state index in [1.165, 1.54) is 0 Å². The van der Waals surface area contributed by atoms with E-state index >= 15 is 0 Å². The standard InChI is InChI=1S/C13H13NO4/c15-11(16)8-3-5-13(6-4-8)10-9(12(17)18-13)2-1-7-14-10/h1-2,7-8H,3-6H2,(H,15,16)/t8-,13+. The minimum Gasteiger partial charge on any atom is -0.481 e. The second kappa shape index (κ2) is 3.80. The maximum Gasteiger partial charge on any atom is 0.341 e. The maximum atomic E-state index is 11.8. The fraction of sp³-hybridized carbons (Fsp3) is 0.462. The molecule has 0 amide bonds. The lowest BCUT2D eigenvalue weighted by atomic mass is 9.77. The van der Waals surface area contributed by atoms with Gasteiger partial charge in [-0.25, -0.2) is 4.79 Å². The zero-order valence-electron chi connectivity index (χ0n) is 9.76. The predicted molar refractivity (Wildman–Crippen MR) is 60.9 cm³/mol. The first-order valence-electron chi connectivity index (χ1n) is 6.04. The van der Waals surface area contributed by atoms with Crippen molar-refractivity contribution in [3.8, 4) is 0 Å². The summed E-state index contributed by atoms with van der Waals surface area (Å²) in [6.07, 6.45) is 3.78. The number of fused-ring (bicyclic) bond motifs is 2. The van der Waals surface area contributed by atoms with E-state index in [0.29, 0.717) is 36.9 Å². The van der Waals surface area contributed by atoms with Crippen LogP contribution >= 0.6 is 0 Å². The number of carboxylic acid groups (broad SMARTS) is 1. The number of hydrogen-bond acceptors (Lipinski definition) is 4. The Bertz CT molecular complexity index is 517. The van der Waals surface area contributed by atoms with Crippen molar-refractivity contribution in [2.45, 2.75) is 31.3 Å². The van der Waals surface area contributed by atoms with Gasteiger partial charge in [0.2, 0.25) is 0 Å². The molecule has 1 aliphatic heterocycles. The summed E-state index contributed by atoms with van der Waals surface area (Å²) in [6, 6.07) is 3.42. The lowest BCUT2D eigenvalue weighted by Crippen LogP contribution is -2.34. The number of esters is 1. The van der Waals surface area contributed by atoms with E-state index in [9.17, 15) is 9.59 Å². The van der Waals surface area contributed by atoms with E-state index in [2.05, 4.69) is 4.98 Å². The van der Waals surface area contributed by atoms with Crippen LogP contribution in [0.3, 0.4) is 0 Å². The van der Waals surface area contributed by atoms with Crippen molar-refractivity contribution < 1.29 is 19.4 Å². The van der Waals surface area contributed by atoms with Gasteiger partial charge in [0.05, 0.1) is 17.2 Å². The molecule has 0 saturated heterocycles. The van der Waals surface area contributed by atoms with Gasteiger partial charge in [-0.05, 0) is 37.8 Å². The van der Waals surface area contributed by atoms with E-state index in [1.54, 1.807) is 18.3 Å². The number of ether oxygens (including phenoxy) is 1. The summed E-state index contributed by atoms with van der Waals surface area (Å²) in [4.78, 5) is 27.0. The minimum atomic E-state index is -0.768. The van der Waals surface area contributed by atoms with Gasteiger partial charge in [0, 0.05) is 6.20 Å². The van der Waals surface area contributed by atoms with Crippen LogP contribution in [0, 0.1) is 5.92 Å². The van der Waals surface area contributed by atoms with Crippen LogP contribution in [0.4, 0.5) is 0 Å². The summed E-state index contributed by atoms with van der Waals surface area (Å²) >= 11 is 0. The number of aromatic nitrogens is 1. The van der Waals surface area contributed by atoms with Crippen LogP contribution < -0.4 is 0 Å². The molecule has 1 aliphatic carbocycles. The van der Waals surface area contributed by atoms with E-state index in [1.807, 2.05) is 0 Å². The van der Waals surface area contributed by atoms with Crippen molar-refractivity contribution in [1.82, 2.24) is 4.98 Å². The van der Waals surface area contributed by atoms with Crippen LogP contribution in [0.5, 0.6) is 0 Å². The molecule has 0 unspecified atom stereocenters. The van der Waals surface area contributed by atoms with Crippen molar-refractivity contribution in [2.24, 2.45) is 5.92 Å².